The molecule has 1 N–H and O–H groups in total. The van der Waals surface area contributed by atoms with Crippen molar-refractivity contribution < 1.29 is 4.74 Å². The van der Waals surface area contributed by atoms with E-state index in [0.29, 0.717) is 12.2 Å². The number of hydrogen-bond donors (Lipinski definition) is 1. The average molecular weight is 240 g/mol. The summed E-state index contributed by atoms with van der Waals surface area (Å²) in [6, 6.07) is 0. The van der Waals surface area contributed by atoms with Crippen LogP contribution in [0.3, 0.4) is 0 Å². The maximum Gasteiger partial charge on any atom is 0.0678 e. The van der Waals surface area contributed by atoms with Gasteiger partial charge in [0.25, 0.3) is 0 Å². The van der Waals surface area contributed by atoms with Crippen molar-refractivity contribution in [2.24, 2.45) is 5.92 Å². The van der Waals surface area contributed by atoms with Gasteiger partial charge in [-0.1, -0.05) is 0 Å². The van der Waals surface area contributed by atoms with Crippen LogP contribution in [0.15, 0.2) is 0 Å². The number of rotatable bonds is 4. The van der Waals surface area contributed by atoms with Crippen molar-refractivity contribution in [3.8, 4) is 0 Å². The molecule has 0 saturated carbocycles. The molecule has 0 aromatic rings. The maximum atomic E-state index is 5.76. The number of ether oxygens (including phenoxy) is 1. The second-order valence-corrected chi connectivity index (χ2v) is 5.85. The summed E-state index contributed by atoms with van der Waals surface area (Å²) in [4.78, 5) is 2.58. The molecule has 17 heavy (non-hydrogen) atoms. The van der Waals surface area contributed by atoms with Crippen molar-refractivity contribution in [1.82, 2.24) is 10.2 Å². The van der Waals surface area contributed by atoms with E-state index in [2.05, 4.69) is 24.1 Å². The molecule has 2 fully saturated rings. The van der Waals surface area contributed by atoms with E-state index in [1.165, 1.54) is 45.3 Å². The maximum absolute atomic E-state index is 5.76. The molecule has 0 aromatic carbocycles. The molecule has 2 atom stereocenters. The van der Waals surface area contributed by atoms with E-state index in [1.807, 2.05) is 0 Å². The lowest BCUT2D eigenvalue weighted by Gasteiger charge is -2.35. The molecular weight excluding hydrogens is 212 g/mol. The molecule has 2 unspecified atom stereocenters. The molecule has 2 aliphatic heterocycles. The van der Waals surface area contributed by atoms with Crippen LogP contribution < -0.4 is 5.32 Å². The molecule has 3 heteroatoms. The van der Waals surface area contributed by atoms with Gasteiger partial charge >= 0.3 is 0 Å². The molecule has 0 amide bonds. The fourth-order valence-corrected chi connectivity index (χ4v) is 3.24. The van der Waals surface area contributed by atoms with Crippen molar-refractivity contribution >= 4 is 0 Å². The minimum absolute atomic E-state index is 0.414. The van der Waals surface area contributed by atoms with Crippen LogP contribution in [-0.2, 0) is 4.74 Å². The number of piperidine rings is 1. The third kappa shape index (κ3) is 4.57. The number of nitrogens with one attached hydrogen (secondary N) is 1. The third-order valence-electron chi connectivity index (χ3n) is 4.04. The molecule has 0 radical (unpaired) electrons. The Morgan fingerprint density at radius 3 is 2.41 bits per heavy atom. The van der Waals surface area contributed by atoms with Gasteiger partial charge in [-0.3, -0.25) is 4.90 Å². The zero-order valence-electron chi connectivity index (χ0n) is 11.5. The first-order valence-corrected chi connectivity index (χ1v) is 7.32. The molecule has 0 aromatic heterocycles. The summed E-state index contributed by atoms with van der Waals surface area (Å²) in [5.41, 5.74) is 0. The van der Waals surface area contributed by atoms with Gasteiger partial charge in [0.05, 0.1) is 12.2 Å². The Labute approximate surface area is 106 Å². The summed E-state index contributed by atoms with van der Waals surface area (Å²) in [6.07, 6.45) is 6.38. The second kappa shape index (κ2) is 6.72. The summed E-state index contributed by atoms with van der Waals surface area (Å²) < 4.78 is 5.76. The fourth-order valence-electron chi connectivity index (χ4n) is 3.24. The quantitative estimate of drug-likeness (QED) is 0.812. The number of nitrogens with zero attached hydrogens (tertiary/aromatic N) is 1. The highest BCUT2D eigenvalue weighted by Crippen LogP contribution is 2.19. The van der Waals surface area contributed by atoms with E-state index in [0.717, 1.165) is 19.0 Å². The minimum Gasteiger partial charge on any atom is -0.373 e. The molecule has 100 valence electrons. The lowest BCUT2D eigenvalue weighted by atomic mass is 9.93. The SMILES string of the molecule is CC1CN(CCCC2CCNCC2)CC(C)O1. The zero-order valence-corrected chi connectivity index (χ0v) is 11.5. The highest BCUT2D eigenvalue weighted by atomic mass is 16.5. The minimum atomic E-state index is 0.414. The Morgan fingerprint density at radius 2 is 1.76 bits per heavy atom. The predicted molar refractivity (Wildman–Crippen MR) is 71.3 cm³/mol. The smallest absolute Gasteiger partial charge is 0.0678 e. The van der Waals surface area contributed by atoms with Gasteiger partial charge in [-0.25, -0.2) is 0 Å². The first kappa shape index (κ1) is 13.3. The van der Waals surface area contributed by atoms with Crippen molar-refractivity contribution in [1.29, 1.82) is 0 Å². The van der Waals surface area contributed by atoms with Crippen molar-refractivity contribution in [2.75, 3.05) is 32.7 Å². The molecular formula is C14H28N2O. The molecule has 0 aliphatic carbocycles. The van der Waals surface area contributed by atoms with Crippen LogP contribution in [-0.4, -0.2) is 49.8 Å². The van der Waals surface area contributed by atoms with Gasteiger partial charge in [0.2, 0.25) is 0 Å². The van der Waals surface area contributed by atoms with Crippen LogP contribution >= 0.6 is 0 Å². The van der Waals surface area contributed by atoms with Crippen LogP contribution in [0.2, 0.25) is 0 Å². The molecule has 2 heterocycles. The van der Waals surface area contributed by atoms with Gasteiger partial charge < -0.3 is 10.1 Å². The number of hydrogen-bond acceptors (Lipinski definition) is 3. The first-order valence-electron chi connectivity index (χ1n) is 7.32. The van der Waals surface area contributed by atoms with Crippen LogP contribution in [0.1, 0.15) is 39.5 Å². The summed E-state index contributed by atoms with van der Waals surface area (Å²) in [5.74, 6) is 0.979. The number of morpholine rings is 1. The Balaban J connectivity index is 1.60. The predicted octanol–water partition coefficient (Wildman–Crippen LogP) is 1.88. The van der Waals surface area contributed by atoms with Crippen molar-refractivity contribution in [3.63, 3.8) is 0 Å². The fraction of sp³-hybridized carbons (Fsp3) is 1.00. The van der Waals surface area contributed by atoms with Crippen LogP contribution in [0.25, 0.3) is 0 Å². The lowest BCUT2D eigenvalue weighted by Crippen LogP contribution is -2.45. The Hall–Kier alpha value is -0.120. The van der Waals surface area contributed by atoms with E-state index in [9.17, 15) is 0 Å². The normalized spacial score (nSPS) is 32.8. The van der Waals surface area contributed by atoms with Gasteiger partial charge in [-0.05, 0) is 65.1 Å². The Morgan fingerprint density at radius 1 is 1.12 bits per heavy atom. The molecule has 0 spiro atoms. The van der Waals surface area contributed by atoms with E-state index < -0.39 is 0 Å². The van der Waals surface area contributed by atoms with Crippen LogP contribution in [0.4, 0.5) is 0 Å². The van der Waals surface area contributed by atoms with Gasteiger partial charge in [0, 0.05) is 13.1 Å². The lowest BCUT2D eigenvalue weighted by molar-refractivity contribution is -0.0683. The van der Waals surface area contributed by atoms with E-state index in [1.54, 1.807) is 0 Å². The highest BCUT2D eigenvalue weighted by Gasteiger charge is 2.22. The topological polar surface area (TPSA) is 24.5 Å². The largest absolute Gasteiger partial charge is 0.373 e. The molecule has 2 saturated heterocycles. The molecule has 0 bridgehead atoms. The standard InChI is InChI=1S/C14H28N2O/c1-12-10-16(11-13(2)17-12)9-3-4-14-5-7-15-8-6-14/h12-15H,3-11H2,1-2H3. The van der Waals surface area contributed by atoms with Crippen LogP contribution in [0.5, 0.6) is 0 Å². The van der Waals surface area contributed by atoms with Gasteiger partial charge in [0.15, 0.2) is 0 Å². The van der Waals surface area contributed by atoms with Gasteiger partial charge in [-0.2, -0.15) is 0 Å². The van der Waals surface area contributed by atoms with Crippen molar-refractivity contribution in [3.05, 3.63) is 0 Å². The van der Waals surface area contributed by atoms with E-state index in [-0.39, 0.29) is 0 Å². The monoisotopic (exact) mass is 240 g/mol. The van der Waals surface area contributed by atoms with Gasteiger partial charge in [0.1, 0.15) is 0 Å². The van der Waals surface area contributed by atoms with E-state index >= 15 is 0 Å². The molecule has 2 aliphatic rings. The van der Waals surface area contributed by atoms with Crippen LogP contribution in [0, 0.1) is 5.92 Å². The summed E-state index contributed by atoms with van der Waals surface area (Å²) in [6.45, 7) is 10.4. The third-order valence-corrected chi connectivity index (χ3v) is 4.04. The Bertz CT molecular complexity index is 206. The average Bonchev–Trinajstić information content (AvgIpc) is 2.29. The second-order valence-electron chi connectivity index (χ2n) is 5.85. The summed E-state index contributed by atoms with van der Waals surface area (Å²) in [7, 11) is 0. The molecule has 2 rings (SSSR count). The molecule has 3 nitrogen and oxygen atoms in total. The zero-order chi connectivity index (χ0) is 12.1. The summed E-state index contributed by atoms with van der Waals surface area (Å²) in [5, 5.41) is 3.44. The van der Waals surface area contributed by atoms with Gasteiger partial charge in [-0.15, -0.1) is 0 Å². The van der Waals surface area contributed by atoms with Crippen molar-refractivity contribution in [2.45, 2.75) is 51.7 Å². The first-order chi connectivity index (χ1) is 8.24. The van der Waals surface area contributed by atoms with E-state index in [4.69, 9.17) is 4.74 Å². The highest BCUT2D eigenvalue weighted by molar-refractivity contribution is 4.74. The summed E-state index contributed by atoms with van der Waals surface area (Å²) >= 11 is 0. The Kier molecular flexibility index (Phi) is 5.26.